The topological polar surface area (TPSA) is 128 Å². The highest BCUT2D eigenvalue weighted by Crippen LogP contribution is 2.31. The summed E-state index contributed by atoms with van der Waals surface area (Å²) in [4.78, 5) is 27.6. The minimum Gasteiger partial charge on any atom is -0.488 e. The molecule has 0 saturated heterocycles. The Kier molecular flexibility index (Phi) is 9.00. The fourth-order valence-corrected chi connectivity index (χ4v) is 4.92. The number of aliphatic hydroxyl groups excluding tert-OH is 1. The van der Waals surface area contributed by atoms with Gasteiger partial charge in [-0.25, -0.2) is 17.5 Å². The number of benzene rings is 1. The zero-order valence-electron chi connectivity index (χ0n) is 21.0. The molecule has 1 aliphatic heterocycles. The molecule has 1 aliphatic carbocycles. The number of fused-ring (bicyclic) bond motifs is 1. The SMILES string of the molecule is C[C@H](CO)N1C[C@H](C)[C@@H](CN(C)S(C)(=O)=O)Oc2ccc(NC(=O)NC3CCCCC3)cc2C1=O. The number of sulfonamides is 1. The standard InChI is InChI=1S/C24H38N4O6S/c1-16-13-28(17(2)15-29)23(30)20-12-19(26-24(31)25-18-8-6-5-7-9-18)10-11-21(20)34-22(16)14-27(3)35(4,32)33/h10-12,16-18,22,29H,5-9,13-15H2,1-4H3,(H2,25,26,31)/t16-,17+,22+/m0/s1. The van der Waals surface area contributed by atoms with Crippen molar-refractivity contribution in [3.05, 3.63) is 23.8 Å². The maximum atomic E-state index is 13.5. The molecular weight excluding hydrogens is 472 g/mol. The summed E-state index contributed by atoms with van der Waals surface area (Å²) < 4.78 is 31.4. The zero-order valence-corrected chi connectivity index (χ0v) is 21.8. The van der Waals surface area contributed by atoms with E-state index in [-0.39, 0.29) is 49.2 Å². The number of carbonyl (C=O) groups excluding carboxylic acids is 2. The van der Waals surface area contributed by atoms with E-state index in [1.54, 1.807) is 30.0 Å². The van der Waals surface area contributed by atoms with Gasteiger partial charge in [0.05, 0.1) is 31.0 Å². The molecule has 1 aromatic carbocycles. The lowest BCUT2D eigenvalue weighted by Crippen LogP contribution is -2.50. The van der Waals surface area contributed by atoms with Crippen molar-refractivity contribution in [2.24, 2.45) is 5.92 Å². The lowest BCUT2D eigenvalue weighted by Gasteiger charge is -2.38. The van der Waals surface area contributed by atoms with Crippen molar-refractivity contribution in [2.45, 2.75) is 64.1 Å². The van der Waals surface area contributed by atoms with Gasteiger partial charge in [-0.3, -0.25) is 4.79 Å². The summed E-state index contributed by atoms with van der Waals surface area (Å²) in [5.74, 6) is -0.217. The van der Waals surface area contributed by atoms with Gasteiger partial charge in [0.25, 0.3) is 5.91 Å². The lowest BCUT2D eigenvalue weighted by atomic mass is 9.96. The minimum absolute atomic E-state index is 0.110. The predicted molar refractivity (Wildman–Crippen MR) is 134 cm³/mol. The van der Waals surface area contributed by atoms with Crippen molar-refractivity contribution in [3.8, 4) is 5.75 Å². The predicted octanol–water partition coefficient (Wildman–Crippen LogP) is 2.25. The summed E-state index contributed by atoms with van der Waals surface area (Å²) in [7, 11) is -1.94. The monoisotopic (exact) mass is 510 g/mol. The van der Waals surface area contributed by atoms with Crippen LogP contribution in [0.5, 0.6) is 5.75 Å². The molecule has 3 atom stereocenters. The number of anilines is 1. The number of urea groups is 1. The van der Waals surface area contributed by atoms with E-state index in [1.165, 1.54) is 17.8 Å². The van der Waals surface area contributed by atoms with E-state index in [1.807, 2.05) is 6.92 Å². The van der Waals surface area contributed by atoms with E-state index in [2.05, 4.69) is 10.6 Å². The van der Waals surface area contributed by atoms with Crippen LogP contribution < -0.4 is 15.4 Å². The number of hydrogen-bond acceptors (Lipinski definition) is 6. The summed E-state index contributed by atoms with van der Waals surface area (Å²) in [5, 5.41) is 15.6. The first kappa shape index (κ1) is 27.2. The Balaban J connectivity index is 1.87. The molecule has 11 heteroatoms. The number of nitrogens with zero attached hydrogens (tertiary/aromatic N) is 2. The van der Waals surface area contributed by atoms with Gasteiger partial charge in [0, 0.05) is 31.2 Å². The van der Waals surface area contributed by atoms with Crippen molar-refractivity contribution in [2.75, 3.05) is 38.3 Å². The number of aliphatic hydroxyl groups is 1. The highest BCUT2D eigenvalue weighted by Gasteiger charge is 2.34. The van der Waals surface area contributed by atoms with Crippen LogP contribution in [-0.4, -0.2) is 85.9 Å². The first-order chi connectivity index (χ1) is 16.5. The van der Waals surface area contributed by atoms with Crippen LogP contribution in [0.15, 0.2) is 18.2 Å². The molecule has 2 aliphatic rings. The Bertz CT molecular complexity index is 1010. The molecular formula is C24H38N4O6S. The molecule has 35 heavy (non-hydrogen) atoms. The van der Waals surface area contributed by atoms with Crippen molar-refractivity contribution in [3.63, 3.8) is 0 Å². The third-order valence-corrected chi connectivity index (χ3v) is 8.15. The average Bonchev–Trinajstić information content (AvgIpc) is 2.81. The second-order valence-electron chi connectivity index (χ2n) is 9.81. The largest absolute Gasteiger partial charge is 0.488 e. The number of ether oxygens (including phenoxy) is 1. The Morgan fingerprint density at radius 3 is 2.60 bits per heavy atom. The van der Waals surface area contributed by atoms with Gasteiger partial charge in [-0.05, 0) is 38.0 Å². The van der Waals surface area contributed by atoms with Crippen LogP contribution in [0.25, 0.3) is 0 Å². The van der Waals surface area contributed by atoms with Crippen molar-refractivity contribution in [1.29, 1.82) is 0 Å². The van der Waals surface area contributed by atoms with Crippen LogP contribution in [0.2, 0.25) is 0 Å². The second kappa shape index (κ2) is 11.6. The number of nitrogens with one attached hydrogen (secondary N) is 2. The van der Waals surface area contributed by atoms with Gasteiger partial charge in [-0.2, -0.15) is 0 Å². The molecule has 0 unspecified atom stereocenters. The van der Waals surface area contributed by atoms with Crippen molar-refractivity contribution in [1.82, 2.24) is 14.5 Å². The number of amides is 3. The van der Waals surface area contributed by atoms with Crippen LogP contribution in [0.1, 0.15) is 56.3 Å². The van der Waals surface area contributed by atoms with Gasteiger partial charge in [-0.15, -0.1) is 0 Å². The van der Waals surface area contributed by atoms with E-state index >= 15 is 0 Å². The first-order valence-corrected chi connectivity index (χ1v) is 14.1. The molecule has 1 saturated carbocycles. The maximum Gasteiger partial charge on any atom is 0.319 e. The van der Waals surface area contributed by atoms with Gasteiger partial charge < -0.3 is 25.4 Å². The van der Waals surface area contributed by atoms with Gasteiger partial charge >= 0.3 is 6.03 Å². The molecule has 0 aromatic heterocycles. The van der Waals surface area contributed by atoms with E-state index in [4.69, 9.17) is 4.74 Å². The van der Waals surface area contributed by atoms with Gasteiger partial charge in [0.1, 0.15) is 11.9 Å². The molecule has 10 nitrogen and oxygen atoms in total. The van der Waals surface area contributed by atoms with Crippen molar-refractivity contribution < 1.29 is 27.9 Å². The molecule has 3 rings (SSSR count). The Morgan fingerprint density at radius 1 is 1.29 bits per heavy atom. The minimum atomic E-state index is -3.42. The highest BCUT2D eigenvalue weighted by molar-refractivity contribution is 7.88. The summed E-state index contributed by atoms with van der Waals surface area (Å²) in [6.45, 7) is 3.82. The summed E-state index contributed by atoms with van der Waals surface area (Å²) in [6, 6.07) is 4.23. The van der Waals surface area contributed by atoms with Crippen LogP contribution in [0, 0.1) is 5.92 Å². The fourth-order valence-electron chi connectivity index (χ4n) is 4.51. The quantitative estimate of drug-likeness (QED) is 0.516. The molecule has 1 aromatic rings. The third-order valence-electron chi connectivity index (χ3n) is 6.87. The maximum absolute atomic E-state index is 13.5. The summed E-state index contributed by atoms with van der Waals surface area (Å²) in [6.07, 6.45) is 5.91. The molecule has 0 bridgehead atoms. The smallest absolute Gasteiger partial charge is 0.319 e. The summed E-state index contributed by atoms with van der Waals surface area (Å²) in [5.41, 5.74) is 0.698. The Labute approximate surface area is 208 Å². The van der Waals surface area contributed by atoms with Gasteiger partial charge in [0.15, 0.2) is 0 Å². The zero-order chi connectivity index (χ0) is 25.8. The number of likely N-dealkylation sites (N-methyl/N-ethyl adjacent to an activating group) is 1. The second-order valence-corrected chi connectivity index (χ2v) is 11.9. The van der Waals surface area contributed by atoms with E-state index in [9.17, 15) is 23.1 Å². The Hall–Kier alpha value is -2.37. The highest BCUT2D eigenvalue weighted by atomic mass is 32.2. The molecule has 1 heterocycles. The molecule has 1 fully saturated rings. The first-order valence-electron chi connectivity index (χ1n) is 12.2. The van der Waals surface area contributed by atoms with Crippen LogP contribution in [-0.2, 0) is 10.0 Å². The summed E-state index contributed by atoms with van der Waals surface area (Å²) >= 11 is 0. The van der Waals surface area contributed by atoms with Crippen molar-refractivity contribution >= 4 is 27.6 Å². The van der Waals surface area contributed by atoms with Crippen LogP contribution in [0.4, 0.5) is 10.5 Å². The fraction of sp³-hybridized carbons (Fsp3) is 0.667. The van der Waals surface area contributed by atoms with Crippen LogP contribution >= 0.6 is 0 Å². The average molecular weight is 511 g/mol. The van der Waals surface area contributed by atoms with Gasteiger partial charge in [0.2, 0.25) is 10.0 Å². The molecule has 3 amide bonds. The normalized spacial score (nSPS) is 22.6. The molecule has 196 valence electrons. The third kappa shape index (κ3) is 7.08. The van der Waals surface area contributed by atoms with E-state index in [0.29, 0.717) is 11.4 Å². The van der Waals surface area contributed by atoms with E-state index < -0.39 is 22.2 Å². The number of rotatable bonds is 7. The van der Waals surface area contributed by atoms with Gasteiger partial charge in [-0.1, -0.05) is 26.2 Å². The number of carbonyl (C=O) groups is 2. The van der Waals surface area contributed by atoms with Crippen LogP contribution in [0.3, 0.4) is 0 Å². The molecule has 0 radical (unpaired) electrons. The number of hydrogen-bond donors (Lipinski definition) is 3. The molecule has 0 spiro atoms. The lowest BCUT2D eigenvalue weighted by molar-refractivity contribution is 0.0387. The Morgan fingerprint density at radius 2 is 1.97 bits per heavy atom. The molecule has 3 N–H and O–H groups in total. The van der Waals surface area contributed by atoms with E-state index in [0.717, 1.165) is 31.9 Å².